The molecule has 6 nitrogen and oxygen atoms in total. The fourth-order valence-corrected chi connectivity index (χ4v) is 5.25. The van der Waals surface area contributed by atoms with Crippen LogP contribution in [-0.2, 0) is 16.0 Å². The molecule has 1 N–H and O–H groups in total. The standard InChI is InChI=1S/C30H28F2N2O4/c1-4-33(5-2)22-10-6-18(7-11-22)27-26(28(35)19-8-13-25-20(15-19)14-17(3)38-25)29(36)30(37)34(27)24-12-9-21(31)16-23(24)32/h6-13,15-17,27,35H,4-5,14H2,1-3H3/b28-26-. The van der Waals surface area contributed by atoms with E-state index in [1.165, 1.54) is 0 Å². The minimum atomic E-state index is -1.12. The molecule has 3 aromatic carbocycles. The Balaban J connectivity index is 1.67. The second-order valence-electron chi connectivity index (χ2n) is 9.48. The molecule has 38 heavy (non-hydrogen) atoms. The number of anilines is 2. The number of halogens is 2. The Morgan fingerprint density at radius 2 is 1.74 bits per heavy atom. The summed E-state index contributed by atoms with van der Waals surface area (Å²) in [6.45, 7) is 7.58. The topological polar surface area (TPSA) is 70.1 Å². The van der Waals surface area contributed by atoms with E-state index in [0.717, 1.165) is 41.4 Å². The molecular formula is C30H28F2N2O4. The maximum Gasteiger partial charge on any atom is 0.300 e. The van der Waals surface area contributed by atoms with Crippen LogP contribution in [0.4, 0.5) is 20.2 Å². The number of fused-ring (bicyclic) bond motifs is 1. The van der Waals surface area contributed by atoms with Crippen molar-refractivity contribution in [2.24, 2.45) is 0 Å². The van der Waals surface area contributed by atoms with Crippen molar-refractivity contribution in [2.75, 3.05) is 22.9 Å². The normalized spacial score (nSPS) is 20.0. The monoisotopic (exact) mass is 518 g/mol. The Hall–Kier alpha value is -4.20. The lowest BCUT2D eigenvalue weighted by molar-refractivity contribution is -0.132. The number of nitrogens with zero attached hydrogens (tertiary/aromatic N) is 2. The van der Waals surface area contributed by atoms with E-state index in [4.69, 9.17) is 4.74 Å². The maximum atomic E-state index is 14.9. The zero-order valence-corrected chi connectivity index (χ0v) is 21.4. The van der Waals surface area contributed by atoms with Gasteiger partial charge >= 0.3 is 0 Å². The van der Waals surface area contributed by atoms with Gasteiger partial charge in [-0.1, -0.05) is 12.1 Å². The van der Waals surface area contributed by atoms with E-state index in [1.54, 1.807) is 30.3 Å². The molecule has 0 radical (unpaired) electrons. The number of hydrogen-bond donors (Lipinski definition) is 1. The summed E-state index contributed by atoms with van der Waals surface area (Å²) in [6, 6.07) is 14.0. The number of hydrogen-bond acceptors (Lipinski definition) is 5. The van der Waals surface area contributed by atoms with E-state index < -0.39 is 29.4 Å². The summed E-state index contributed by atoms with van der Waals surface area (Å²) < 4.78 is 34.4. The van der Waals surface area contributed by atoms with Gasteiger partial charge in [0.1, 0.15) is 29.2 Å². The van der Waals surface area contributed by atoms with E-state index in [-0.39, 0.29) is 23.1 Å². The highest BCUT2D eigenvalue weighted by Gasteiger charge is 2.47. The molecule has 3 aromatic rings. The number of benzene rings is 3. The van der Waals surface area contributed by atoms with Gasteiger partial charge in [0.15, 0.2) is 0 Å². The minimum absolute atomic E-state index is 0.0150. The van der Waals surface area contributed by atoms with Crippen molar-refractivity contribution in [1.29, 1.82) is 0 Å². The number of amides is 1. The molecule has 2 aliphatic heterocycles. The smallest absolute Gasteiger partial charge is 0.300 e. The van der Waals surface area contributed by atoms with Crippen LogP contribution in [0.15, 0.2) is 66.2 Å². The Labute approximate surface area is 219 Å². The van der Waals surface area contributed by atoms with E-state index in [1.807, 2.05) is 32.9 Å². The first-order valence-corrected chi connectivity index (χ1v) is 12.6. The van der Waals surface area contributed by atoms with Crippen molar-refractivity contribution in [3.05, 3.63) is 94.6 Å². The van der Waals surface area contributed by atoms with Gasteiger partial charge in [-0.25, -0.2) is 8.78 Å². The van der Waals surface area contributed by atoms with Gasteiger partial charge in [-0.2, -0.15) is 0 Å². The molecule has 196 valence electrons. The molecule has 0 spiro atoms. The number of aliphatic hydroxyl groups excluding tert-OH is 1. The van der Waals surface area contributed by atoms with Crippen molar-refractivity contribution in [1.82, 2.24) is 0 Å². The molecule has 8 heteroatoms. The summed E-state index contributed by atoms with van der Waals surface area (Å²) in [5.41, 5.74) is 2.26. The van der Waals surface area contributed by atoms with Gasteiger partial charge < -0.3 is 14.7 Å². The fourth-order valence-electron chi connectivity index (χ4n) is 5.25. The zero-order chi connectivity index (χ0) is 27.1. The number of aliphatic hydroxyl groups is 1. The van der Waals surface area contributed by atoms with Crippen LogP contribution in [0.2, 0.25) is 0 Å². The molecule has 2 unspecified atom stereocenters. The van der Waals surface area contributed by atoms with Crippen LogP contribution in [0.3, 0.4) is 0 Å². The molecule has 2 heterocycles. The Kier molecular flexibility index (Phi) is 6.65. The maximum absolute atomic E-state index is 14.9. The molecular weight excluding hydrogens is 490 g/mol. The molecule has 1 amide bonds. The van der Waals surface area contributed by atoms with Gasteiger partial charge in [-0.3, -0.25) is 14.5 Å². The molecule has 1 fully saturated rings. The first-order valence-electron chi connectivity index (χ1n) is 12.6. The molecule has 0 aromatic heterocycles. The summed E-state index contributed by atoms with van der Waals surface area (Å²) >= 11 is 0. The van der Waals surface area contributed by atoms with Crippen LogP contribution in [0.25, 0.3) is 5.76 Å². The predicted octanol–water partition coefficient (Wildman–Crippen LogP) is 5.76. The molecule has 2 atom stereocenters. The summed E-state index contributed by atoms with van der Waals surface area (Å²) in [7, 11) is 0. The summed E-state index contributed by atoms with van der Waals surface area (Å²) in [5, 5.41) is 11.4. The van der Waals surface area contributed by atoms with E-state index >= 15 is 0 Å². The highest BCUT2D eigenvalue weighted by Crippen LogP contribution is 2.44. The predicted molar refractivity (Wildman–Crippen MR) is 141 cm³/mol. The quantitative estimate of drug-likeness (QED) is 0.255. The van der Waals surface area contributed by atoms with Crippen LogP contribution in [-0.4, -0.2) is 36.0 Å². The molecule has 0 bridgehead atoms. The second kappa shape index (κ2) is 9.93. The van der Waals surface area contributed by atoms with Gasteiger partial charge in [-0.15, -0.1) is 0 Å². The van der Waals surface area contributed by atoms with Gasteiger partial charge in [-0.05, 0) is 74.4 Å². The molecule has 5 rings (SSSR count). The van der Waals surface area contributed by atoms with E-state index in [0.29, 0.717) is 29.4 Å². The summed E-state index contributed by atoms with van der Waals surface area (Å²) in [6.07, 6.45) is 0.626. The van der Waals surface area contributed by atoms with Crippen LogP contribution in [0, 0.1) is 11.6 Å². The van der Waals surface area contributed by atoms with Gasteiger partial charge in [0.2, 0.25) is 0 Å². The number of carbonyl (C=O) groups is 2. The van der Waals surface area contributed by atoms with Gasteiger partial charge in [0.25, 0.3) is 11.7 Å². The average molecular weight is 519 g/mol. The number of ketones is 1. The number of rotatable bonds is 6. The Morgan fingerprint density at radius 3 is 2.39 bits per heavy atom. The van der Waals surface area contributed by atoms with E-state index in [9.17, 15) is 23.5 Å². The van der Waals surface area contributed by atoms with E-state index in [2.05, 4.69) is 4.90 Å². The summed E-state index contributed by atoms with van der Waals surface area (Å²) in [5.74, 6) is -3.42. The highest BCUT2D eigenvalue weighted by molar-refractivity contribution is 6.51. The Morgan fingerprint density at radius 1 is 1.03 bits per heavy atom. The lowest BCUT2D eigenvalue weighted by Gasteiger charge is -2.27. The van der Waals surface area contributed by atoms with Gasteiger partial charge in [0.05, 0.1) is 17.3 Å². The number of ether oxygens (including phenoxy) is 1. The van der Waals surface area contributed by atoms with Gasteiger partial charge in [0, 0.05) is 36.8 Å². The third-order valence-electron chi connectivity index (χ3n) is 7.12. The summed E-state index contributed by atoms with van der Waals surface area (Å²) in [4.78, 5) is 29.8. The molecule has 0 aliphatic carbocycles. The zero-order valence-electron chi connectivity index (χ0n) is 21.4. The SMILES string of the molecule is CCN(CC)c1ccc(C2/C(=C(/O)c3ccc4c(c3)CC(C)O4)C(=O)C(=O)N2c2ccc(F)cc2F)cc1. The van der Waals surface area contributed by atoms with Crippen LogP contribution >= 0.6 is 0 Å². The Bertz CT molecular complexity index is 1450. The second-order valence-corrected chi connectivity index (χ2v) is 9.48. The first-order chi connectivity index (χ1) is 18.2. The van der Waals surface area contributed by atoms with Crippen LogP contribution in [0.5, 0.6) is 5.75 Å². The minimum Gasteiger partial charge on any atom is -0.507 e. The molecule has 2 aliphatic rings. The molecule has 1 saturated heterocycles. The number of carbonyl (C=O) groups excluding carboxylic acids is 2. The average Bonchev–Trinajstić information content (AvgIpc) is 3.40. The highest BCUT2D eigenvalue weighted by atomic mass is 19.1. The van der Waals surface area contributed by atoms with Crippen molar-refractivity contribution < 1.29 is 28.2 Å². The van der Waals surface area contributed by atoms with Crippen molar-refractivity contribution in [2.45, 2.75) is 39.3 Å². The fraction of sp³-hybridized carbons (Fsp3) is 0.267. The van der Waals surface area contributed by atoms with Crippen LogP contribution < -0.4 is 14.5 Å². The molecule has 0 saturated carbocycles. The van der Waals surface area contributed by atoms with Crippen molar-refractivity contribution in [3.63, 3.8) is 0 Å². The largest absolute Gasteiger partial charge is 0.507 e. The third-order valence-corrected chi connectivity index (χ3v) is 7.12. The van der Waals surface area contributed by atoms with Crippen molar-refractivity contribution in [3.8, 4) is 5.75 Å². The van der Waals surface area contributed by atoms with Crippen molar-refractivity contribution >= 4 is 28.8 Å². The van der Waals surface area contributed by atoms with Crippen LogP contribution in [0.1, 0.15) is 43.5 Å². The third kappa shape index (κ3) is 4.30. The lowest BCUT2D eigenvalue weighted by Crippen LogP contribution is -2.30. The lowest BCUT2D eigenvalue weighted by atomic mass is 9.94. The first kappa shape index (κ1) is 25.4. The number of Topliss-reactive ketones (excluding diaryl/α,β-unsaturated/α-hetero) is 1.